The van der Waals surface area contributed by atoms with Gasteiger partial charge in [0, 0.05) is 19.5 Å². The predicted octanol–water partition coefficient (Wildman–Crippen LogP) is 1.19. The maximum absolute atomic E-state index is 10.3. The Morgan fingerprint density at radius 1 is 1.50 bits per heavy atom. The third-order valence-corrected chi connectivity index (χ3v) is 2.60. The van der Waals surface area contributed by atoms with Crippen LogP contribution in [0.1, 0.15) is 17.5 Å². The SMILES string of the molecule is O=C(O)CCNCc1ccc2c(c1)CCO2. The second-order valence-electron chi connectivity index (χ2n) is 3.86. The molecule has 0 spiro atoms. The molecule has 1 aliphatic rings. The number of fused-ring (bicyclic) bond motifs is 1. The maximum atomic E-state index is 10.3. The molecule has 1 heterocycles. The Morgan fingerprint density at radius 3 is 3.19 bits per heavy atom. The van der Waals surface area contributed by atoms with Gasteiger partial charge in [0.25, 0.3) is 0 Å². The van der Waals surface area contributed by atoms with Crippen LogP contribution in [0.15, 0.2) is 18.2 Å². The summed E-state index contributed by atoms with van der Waals surface area (Å²) < 4.78 is 5.41. The quantitative estimate of drug-likeness (QED) is 0.733. The van der Waals surface area contributed by atoms with E-state index in [4.69, 9.17) is 9.84 Å². The highest BCUT2D eigenvalue weighted by molar-refractivity contribution is 5.66. The van der Waals surface area contributed by atoms with Gasteiger partial charge in [-0.2, -0.15) is 0 Å². The van der Waals surface area contributed by atoms with Crippen molar-refractivity contribution < 1.29 is 14.6 Å². The van der Waals surface area contributed by atoms with Gasteiger partial charge in [0.2, 0.25) is 0 Å². The number of carbonyl (C=O) groups is 1. The van der Waals surface area contributed by atoms with Crippen LogP contribution in [0.5, 0.6) is 5.75 Å². The second kappa shape index (κ2) is 4.99. The first-order chi connectivity index (χ1) is 7.75. The van der Waals surface area contributed by atoms with E-state index in [2.05, 4.69) is 11.4 Å². The molecule has 0 fully saturated rings. The largest absolute Gasteiger partial charge is 0.493 e. The molecule has 0 unspecified atom stereocenters. The third-order valence-electron chi connectivity index (χ3n) is 2.60. The topological polar surface area (TPSA) is 58.6 Å². The van der Waals surface area contributed by atoms with Crippen LogP contribution in [-0.4, -0.2) is 24.2 Å². The number of nitrogens with one attached hydrogen (secondary N) is 1. The first-order valence-electron chi connectivity index (χ1n) is 5.43. The van der Waals surface area contributed by atoms with Crippen LogP contribution in [0, 0.1) is 0 Å². The fourth-order valence-electron chi connectivity index (χ4n) is 1.78. The lowest BCUT2D eigenvalue weighted by Crippen LogP contribution is -2.17. The van der Waals surface area contributed by atoms with Gasteiger partial charge in [-0.3, -0.25) is 4.79 Å². The summed E-state index contributed by atoms with van der Waals surface area (Å²) in [5.41, 5.74) is 2.42. The fraction of sp³-hybridized carbons (Fsp3) is 0.417. The van der Waals surface area contributed by atoms with Crippen molar-refractivity contribution in [3.63, 3.8) is 0 Å². The average Bonchev–Trinajstić information content (AvgIpc) is 2.71. The number of hydrogen-bond acceptors (Lipinski definition) is 3. The highest BCUT2D eigenvalue weighted by Crippen LogP contribution is 2.25. The van der Waals surface area contributed by atoms with Crippen molar-refractivity contribution >= 4 is 5.97 Å². The highest BCUT2D eigenvalue weighted by atomic mass is 16.5. The maximum Gasteiger partial charge on any atom is 0.304 e. The predicted molar refractivity (Wildman–Crippen MR) is 59.6 cm³/mol. The molecule has 0 radical (unpaired) electrons. The van der Waals surface area contributed by atoms with E-state index in [1.165, 1.54) is 11.1 Å². The molecular formula is C12H15NO3. The Hall–Kier alpha value is -1.55. The van der Waals surface area contributed by atoms with E-state index >= 15 is 0 Å². The molecule has 0 amide bonds. The van der Waals surface area contributed by atoms with E-state index in [9.17, 15) is 4.79 Å². The Morgan fingerprint density at radius 2 is 2.38 bits per heavy atom. The van der Waals surface area contributed by atoms with Crippen molar-refractivity contribution in [1.29, 1.82) is 0 Å². The average molecular weight is 221 g/mol. The normalized spacial score (nSPS) is 13.2. The summed E-state index contributed by atoms with van der Waals surface area (Å²) in [5, 5.41) is 11.6. The molecule has 0 aliphatic carbocycles. The standard InChI is InChI=1S/C12H15NO3/c14-12(15)3-5-13-8-9-1-2-11-10(7-9)4-6-16-11/h1-2,7,13H,3-6,8H2,(H,14,15). The zero-order valence-corrected chi connectivity index (χ0v) is 9.03. The number of carboxylic acids is 1. The molecule has 1 aromatic carbocycles. The molecule has 0 saturated heterocycles. The molecule has 86 valence electrons. The monoisotopic (exact) mass is 221 g/mol. The lowest BCUT2D eigenvalue weighted by Gasteiger charge is -2.05. The van der Waals surface area contributed by atoms with E-state index < -0.39 is 5.97 Å². The van der Waals surface area contributed by atoms with Crippen LogP contribution in [0.25, 0.3) is 0 Å². The molecule has 2 N–H and O–H groups in total. The van der Waals surface area contributed by atoms with Gasteiger partial charge in [-0.25, -0.2) is 0 Å². The van der Waals surface area contributed by atoms with Crippen LogP contribution in [0.4, 0.5) is 0 Å². The van der Waals surface area contributed by atoms with Crippen LogP contribution in [0.3, 0.4) is 0 Å². The third kappa shape index (κ3) is 2.73. The molecule has 16 heavy (non-hydrogen) atoms. The molecular weight excluding hydrogens is 206 g/mol. The zero-order chi connectivity index (χ0) is 11.4. The van der Waals surface area contributed by atoms with Crippen LogP contribution in [-0.2, 0) is 17.8 Å². The van der Waals surface area contributed by atoms with Crippen molar-refractivity contribution in [2.24, 2.45) is 0 Å². The number of rotatable bonds is 5. The number of benzene rings is 1. The van der Waals surface area contributed by atoms with Gasteiger partial charge in [-0.05, 0) is 17.2 Å². The lowest BCUT2D eigenvalue weighted by molar-refractivity contribution is -0.136. The minimum absolute atomic E-state index is 0.161. The van der Waals surface area contributed by atoms with Gasteiger partial charge in [-0.1, -0.05) is 12.1 Å². The summed E-state index contributed by atoms with van der Waals surface area (Å²) in [4.78, 5) is 10.3. The van der Waals surface area contributed by atoms with Crippen molar-refractivity contribution in [3.05, 3.63) is 29.3 Å². The lowest BCUT2D eigenvalue weighted by atomic mass is 10.1. The van der Waals surface area contributed by atoms with Crippen molar-refractivity contribution in [2.75, 3.05) is 13.2 Å². The number of hydrogen-bond donors (Lipinski definition) is 2. The molecule has 0 aromatic heterocycles. The van der Waals surface area contributed by atoms with Crippen molar-refractivity contribution in [3.8, 4) is 5.75 Å². The summed E-state index contributed by atoms with van der Waals surface area (Å²) >= 11 is 0. The van der Waals surface area contributed by atoms with E-state index in [1.54, 1.807) is 0 Å². The number of aliphatic carboxylic acids is 1. The van der Waals surface area contributed by atoms with E-state index in [1.807, 2.05) is 12.1 Å². The molecule has 0 atom stereocenters. The van der Waals surface area contributed by atoms with E-state index in [0.717, 1.165) is 18.8 Å². The number of carboxylic acid groups (broad SMARTS) is 1. The minimum atomic E-state index is -0.769. The van der Waals surface area contributed by atoms with Gasteiger partial charge >= 0.3 is 5.97 Å². The van der Waals surface area contributed by atoms with Gasteiger partial charge in [0.1, 0.15) is 5.75 Å². The van der Waals surface area contributed by atoms with Crippen LogP contribution in [0.2, 0.25) is 0 Å². The summed E-state index contributed by atoms with van der Waals surface area (Å²) in [6.07, 6.45) is 1.13. The van der Waals surface area contributed by atoms with Gasteiger partial charge < -0.3 is 15.2 Å². The summed E-state index contributed by atoms with van der Waals surface area (Å²) in [7, 11) is 0. The first-order valence-corrected chi connectivity index (χ1v) is 5.43. The Kier molecular flexibility index (Phi) is 3.41. The summed E-state index contributed by atoms with van der Waals surface area (Å²) in [6, 6.07) is 6.12. The fourth-order valence-corrected chi connectivity index (χ4v) is 1.78. The molecule has 1 aromatic rings. The molecule has 1 aliphatic heterocycles. The smallest absolute Gasteiger partial charge is 0.304 e. The first kappa shape index (κ1) is 11.0. The molecule has 0 saturated carbocycles. The van der Waals surface area contributed by atoms with Crippen LogP contribution < -0.4 is 10.1 Å². The molecule has 4 nitrogen and oxygen atoms in total. The molecule has 4 heteroatoms. The Labute approximate surface area is 94.2 Å². The van der Waals surface area contributed by atoms with Crippen molar-refractivity contribution in [2.45, 2.75) is 19.4 Å². The molecule has 0 bridgehead atoms. The van der Waals surface area contributed by atoms with Gasteiger partial charge in [-0.15, -0.1) is 0 Å². The van der Waals surface area contributed by atoms with E-state index in [0.29, 0.717) is 13.1 Å². The van der Waals surface area contributed by atoms with Crippen molar-refractivity contribution in [1.82, 2.24) is 5.32 Å². The van der Waals surface area contributed by atoms with Gasteiger partial charge in [0.15, 0.2) is 0 Å². The minimum Gasteiger partial charge on any atom is -0.493 e. The summed E-state index contributed by atoms with van der Waals surface area (Å²) in [6.45, 7) is 1.98. The highest BCUT2D eigenvalue weighted by Gasteiger charge is 2.11. The zero-order valence-electron chi connectivity index (χ0n) is 9.03. The Balaban J connectivity index is 1.83. The van der Waals surface area contributed by atoms with Gasteiger partial charge in [0.05, 0.1) is 13.0 Å². The van der Waals surface area contributed by atoms with E-state index in [-0.39, 0.29) is 6.42 Å². The second-order valence-corrected chi connectivity index (χ2v) is 3.86. The molecule has 2 rings (SSSR count). The van der Waals surface area contributed by atoms with Crippen LogP contribution >= 0.6 is 0 Å². The summed E-state index contributed by atoms with van der Waals surface area (Å²) in [5.74, 6) is 0.212. The number of ether oxygens (including phenoxy) is 1. The Bertz CT molecular complexity index is 390.